The Labute approximate surface area is 123 Å². The summed E-state index contributed by atoms with van der Waals surface area (Å²) in [5.41, 5.74) is 5.30. The summed E-state index contributed by atoms with van der Waals surface area (Å²) < 4.78 is 7.36. The Kier molecular flexibility index (Phi) is 2.57. The van der Waals surface area contributed by atoms with Crippen molar-refractivity contribution in [2.45, 2.75) is 13.5 Å². The molecule has 104 valence electrons. The molecule has 0 bridgehead atoms. The molecule has 0 aliphatic carbocycles. The van der Waals surface area contributed by atoms with Crippen molar-refractivity contribution in [3.63, 3.8) is 0 Å². The number of benzene rings is 1. The van der Waals surface area contributed by atoms with Crippen molar-refractivity contribution < 1.29 is 4.74 Å². The molecule has 0 radical (unpaired) electrons. The van der Waals surface area contributed by atoms with Crippen LogP contribution in [0.25, 0.3) is 22.5 Å². The standard InChI is InChI=1S/C17H15N3O/c1-11-10-20-8-7-15-14(17(20)18-11)9-16(19-15)12-3-5-13(21-2)6-4-12/h3-9H,10H2,1-2H3. The molecule has 0 atom stereocenters. The number of rotatable bonds is 2. The Hall–Kier alpha value is -2.62. The Balaban J connectivity index is 1.84. The van der Waals surface area contributed by atoms with Crippen molar-refractivity contribution in [1.82, 2.24) is 9.55 Å². The van der Waals surface area contributed by atoms with Crippen LogP contribution >= 0.6 is 0 Å². The van der Waals surface area contributed by atoms with Crippen LogP contribution in [0.1, 0.15) is 6.92 Å². The molecule has 1 aromatic carbocycles. The lowest BCUT2D eigenvalue weighted by Crippen LogP contribution is -1.99. The molecule has 0 N–H and O–H groups in total. The number of hydrogen-bond donors (Lipinski definition) is 0. The van der Waals surface area contributed by atoms with Crippen LogP contribution in [0.15, 0.2) is 47.6 Å². The van der Waals surface area contributed by atoms with Gasteiger partial charge in [0.05, 0.1) is 25.0 Å². The average Bonchev–Trinajstić information content (AvgIpc) is 3.09. The van der Waals surface area contributed by atoms with Gasteiger partial charge < -0.3 is 9.30 Å². The number of aliphatic imine (C=N–C) groups is 1. The molecule has 0 aromatic heterocycles. The molecular formula is C17H15N3O. The predicted molar refractivity (Wildman–Crippen MR) is 83.6 cm³/mol. The van der Waals surface area contributed by atoms with E-state index in [4.69, 9.17) is 9.72 Å². The van der Waals surface area contributed by atoms with E-state index in [0.717, 1.165) is 46.3 Å². The number of ether oxygens (including phenoxy) is 1. The van der Waals surface area contributed by atoms with Crippen LogP contribution in [0.2, 0.25) is 0 Å². The molecule has 0 amide bonds. The van der Waals surface area contributed by atoms with Crippen molar-refractivity contribution in [3.05, 3.63) is 42.6 Å². The zero-order chi connectivity index (χ0) is 14.4. The molecule has 0 spiro atoms. The van der Waals surface area contributed by atoms with Gasteiger partial charge in [-0.15, -0.1) is 0 Å². The summed E-state index contributed by atoms with van der Waals surface area (Å²) in [7, 11) is 1.67. The van der Waals surface area contributed by atoms with Gasteiger partial charge in [0.1, 0.15) is 11.6 Å². The smallest absolute Gasteiger partial charge is 0.142 e. The number of fused-ring (bicyclic) bond motifs is 3. The highest BCUT2D eigenvalue weighted by atomic mass is 16.5. The van der Waals surface area contributed by atoms with Gasteiger partial charge in [-0.05, 0) is 43.3 Å². The molecule has 21 heavy (non-hydrogen) atoms. The normalized spacial score (nSPS) is 13.3. The number of hydrogen-bond acceptors (Lipinski definition) is 3. The van der Waals surface area contributed by atoms with Gasteiger partial charge in [0.2, 0.25) is 0 Å². The highest BCUT2D eigenvalue weighted by molar-refractivity contribution is 5.91. The molecule has 0 saturated carbocycles. The van der Waals surface area contributed by atoms with Crippen LogP contribution in [0, 0.1) is 0 Å². The van der Waals surface area contributed by atoms with Gasteiger partial charge in [0, 0.05) is 23.0 Å². The van der Waals surface area contributed by atoms with Gasteiger partial charge in [-0.1, -0.05) is 0 Å². The van der Waals surface area contributed by atoms with Crippen molar-refractivity contribution in [1.29, 1.82) is 0 Å². The summed E-state index contributed by atoms with van der Waals surface area (Å²) in [6, 6.07) is 12.1. The van der Waals surface area contributed by atoms with E-state index in [2.05, 4.69) is 34.8 Å². The first-order valence-corrected chi connectivity index (χ1v) is 6.93. The van der Waals surface area contributed by atoms with Crippen LogP contribution in [0.3, 0.4) is 0 Å². The van der Waals surface area contributed by atoms with E-state index in [0.29, 0.717) is 0 Å². The quantitative estimate of drug-likeness (QED) is 0.715. The fourth-order valence-electron chi connectivity index (χ4n) is 2.75. The zero-order valence-electron chi connectivity index (χ0n) is 12.0. The molecule has 1 aromatic rings. The zero-order valence-corrected chi connectivity index (χ0v) is 12.0. The van der Waals surface area contributed by atoms with Crippen LogP contribution in [0.5, 0.6) is 5.75 Å². The largest absolute Gasteiger partial charge is 0.497 e. The highest BCUT2D eigenvalue weighted by Gasteiger charge is 2.20. The summed E-state index contributed by atoms with van der Waals surface area (Å²) in [6.45, 7) is 2.92. The second kappa shape index (κ2) is 4.45. The summed E-state index contributed by atoms with van der Waals surface area (Å²) in [4.78, 5) is 9.35. The highest BCUT2D eigenvalue weighted by Crippen LogP contribution is 2.38. The van der Waals surface area contributed by atoms with Crippen LogP contribution in [0.4, 0.5) is 5.82 Å². The van der Waals surface area contributed by atoms with E-state index in [-0.39, 0.29) is 0 Å². The number of pyridine rings is 1. The molecule has 0 unspecified atom stereocenters. The van der Waals surface area contributed by atoms with Crippen LogP contribution in [-0.4, -0.2) is 22.4 Å². The van der Waals surface area contributed by atoms with Gasteiger partial charge in [-0.3, -0.25) is 0 Å². The Morgan fingerprint density at radius 2 is 1.90 bits per heavy atom. The maximum atomic E-state index is 5.19. The maximum absolute atomic E-state index is 5.19. The van der Waals surface area contributed by atoms with Gasteiger partial charge in [0.25, 0.3) is 0 Å². The van der Waals surface area contributed by atoms with Gasteiger partial charge in [-0.2, -0.15) is 0 Å². The summed E-state index contributed by atoms with van der Waals surface area (Å²) >= 11 is 0. The lowest BCUT2D eigenvalue weighted by Gasteiger charge is -2.05. The van der Waals surface area contributed by atoms with E-state index in [1.54, 1.807) is 7.11 Å². The molecule has 0 saturated heterocycles. The maximum Gasteiger partial charge on any atom is 0.142 e. The summed E-state index contributed by atoms with van der Waals surface area (Å²) in [5, 5.41) is 0. The van der Waals surface area contributed by atoms with Crippen LogP contribution < -0.4 is 4.74 Å². The van der Waals surface area contributed by atoms with Crippen molar-refractivity contribution >= 4 is 11.5 Å². The molecule has 3 heterocycles. The van der Waals surface area contributed by atoms with Crippen molar-refractivity contribution in [2.75, 3.05) is 7.11 Å². The molecular weight excluding hydrogens is 262 g/mol. The minimum absolute atomic E-state index is 0.853. The van der Waals surface area contributed by atoms with Gasteiger partial charge >= 0.3 is 0 Å². The minimum atomic E-state index is 0.853. The summed E-state index contributed by atoms with van der Waals surface area (Å²) in [5.74, 6) is 1.86. The lowest BCUT2D eigenvalue weighted by molar-refractivity contribution is 0.415. The third-order valence-corrected chi connectivity index (χ3v) is 3.80. The van der Waals surface area contributed by atoms with Gasteiger partial charge in [0.15, 0.2) is 0 Å². The second-order valence-electron chi connectivity index (χ2n) is 5.28. The van der Waals surface area contributed by atoms with E-state index in [9.17, 15) is 0 Å². The first-order valence-electron chi connectivity index (χ1n) is 6.93. The van der Waals surface area contributed by atoms with Crippen molar-refractivity contribution in [2.24, 2.45) is 4.99 Å². The van der Waals surface area contributed by atoms with Crippen LogP contribution in [-0.2, 0) is 6.54 Å². The Morgan fingerprint density at radius 1 is 1.10 bits per heavy atom. The first-order chi connectivity index (χ1) is 10.2. The third kappa shape index (κ3) is 1.91. The summed E-state index contributed by atoms with van der Waals surface area (Å²) in [6.07, 6.45) is 2.06. The Morgan fingerprint density at radius 3 is 2.67 bits per heavy atom. The Bertz CT molecular complexity index is 815. The fraction of sp³-hybridized carbons (Fsp3) is 0.176. The predicted octanol–water partition coefficient (Wildman–Crippen LogP) is 3.77. The molecule has 4 heteroatoms. The average molecular weight is 277 g/mol. The van der Waals surface area contributed by atoms with Gasteiger partial charge in [-0.25, -0.2) is 9.98 Å². The van der Waals surface area contributed by atoms with E-state index in [1.807, 2.05) is 24.3 Å². The number of aromatic nitrogens is 2. The second-order valence-corrected chi connectivity index (χ2v) is 5.28. The SMILES string of the molecule is COc1ccc(-c2cc3c4n(ccc-3n2)CC(C)=N4)cc1. The minimum Gasteiger partial charge on any atom is -0.497 e. The fourth-order valence-corrected chi connectivity index (χ4v) is 2.75. The topological polar surface area (TPSA) is 39.4 Å². The van der Waals surface area contributed by atoms with E-state index >= 15 is 0 Å². The van der Waals surface area contributed by atoms with E-state index in [1.165, 1.54) is 0 Å². The number of nitrogens with zero attached hydrogens (tertiary/aromatic N) is 3. The van der Waals surface area contributed by atoms with Crippen molar-refractivity contribution in [3.8, 4) is 28.3 Å². The first kappa shape index (κ1) is 12.1. The molecule has 4 nitrogen and oxygen atoms in total. The molecule has 3 aliphatic heterocycles. The monoisotopic (exact) mass is 277 g/mol. The lowest BCUT2D eigenvalue weighted by atomic mass is 10.1. The van der Waals surface area contributed by atoms with E-state index < -0.39 is 0 Å². The molecule has 0 fully saturated rings. The number of methoxy groups -OCH3 is 1. The molecule has 3 aliphatic rings. The third-order valence-electron chi connectivity index (χ3n) is 3.80. The molecule has 4 rings (SSSR count).